The number of aryl methyl sites for hydroxylation is 3. The highest BCUT2D eigenvalue weighted by atomic mass is 19.3. The van der Waals surface area contributed by atoms with Gasteiger partial charge in [-0.2, -0.15) is 0 Å². The number of anilines is 1. The van der Waals surface area contributed by atoms with Gasteiger partial charge in [-0.25, -0.2) is 13.8 Å². The van der Waals surface area contributed by atoms with Crippen LogP contribution in [0.25, 0.3) is 22.5 Å². The molecule has 8 nitrogen and oxygen atoms in total. The molecule has 1 fully saturated rings. The molecule has 1 aromatic heterocycles. The molecule has 1 amide bonds. The van der Waals surface area contributed by atoms with Crippen LogP contribution in [0.1, 0.15) is 51.8 Å². The topological polar surface area (TPSA) is 90.7 Å². The SMILES string of the molecule is CCC(F)(F)c1cccc(NC(=O)c2c(C)[nH]c(-c3cc(CCN4CCOCC4)c(OC)c(-c4c(C)cccc4C)c3)[n+]2O)c1. The fraction of sp³-hybridized carbons (Fsp3) is 0.371. The molecule has 2 heterocycles. The van der Waals surface area contributed by atoms with Crippen molar-refractivity contribution in [3.63, 3.8) is 0 Å². The van der Waals surface area contributed by atoms with Gasteiger partial charge in [0.25, 0.3) is 11.6 Å². The number of carbonyl (C=O) groups is 1. The lowest BCUT2D eigenvalue weighted by Gasteiger charge is -2.27. The van der Waals surface area contributed by atoms with Gasteiger partial charge >= 0.3 is 11.7 Å². The Morgan fingerprint density at radius 2 is 1.78 bits per heavy atom. The number of carbonyl (C=O) groups excluding carboxylic acids is 1. The van der Waals surface area contributed by atoms with Crippen molar-refractivity contribution >= 4 is 11.6 Å². The molecular weight excluding hydrogens is 578 g/mol. The molecule has 45 heavy (non-hydrogen) atoms. The van der Waals surface area contributed by atoms with E-state index in [2.05, 4.69) is 41.2 Å². The summed E-state index contributed by atoms with van der Waals surface area (Å²) in [5, 5.41) is 14.1. The van der Waals surface area contributed by atoms with Crippen molar-refractivity contribution in [2.45, 2.75) is 46.5 Å². The first-order chi connectivity index (χ1) is 21.5. The van der Waals surface area contributed by atoms with Crippen LogP contribution in [0.4, 0.5) is 14.5 Å². The molecule has 238 valence electrons. The molecule has 0 spiro atoms. The van der Waals surface area contributed by atoms with Gasteiger partial charge in [0.15, 0.2) is 5.69 Å². The summed E-state index contributed by atoms with van der Waals surface area (Å²) >= 11 is 0. The summed E-state index contributed by atoms with van der Waals surface area (Å²) in [7, 11) is 1.67. The summed E-state index contributed by atoms with van der Waals surface area (Å²) in [6.07, 6.45) is 0.341. The van der Waals surface area contributed by atoms with E-state index in [0.717, 1.165) is 57.9 Å². The maximum Gasteiger partial charge on any atom is 0.327 e. The van der Waals surface area contributed by atoms with Crippen LogP contribution in [0.3, 0.4) is 0 Å². The second-order valence-corrected chi connectivity index (χ2v) is 11.5. The van der Waals surface area contributed by atoms with Crippen LogP contribution in [-0.2, 0) is 17.1 Å². The Morgan fingerprint density at radius 3 is 2.44 bits per heavy atom. The number of ether oxygens (including phenoxy) is 2. The number of halogens is 2. The van der Waals surface area contributed by atoms with Crippen LogP contribution in [0.2, 0.25) is 0 Å². The molecule has 3 N–H and O–H groups in total. The lowest BCUT2D eigenvalue weighted by molar-refractivity contribution is -0.896. The standard InChI is InChI=1S/C35H40F2N4O4/c1-6-35(36,37)27-11-8-12-28(21-27)39-34(42)31-24(4)38-33(41(31)43)26-19-25(13-14-40-15-17-45-18-16-40)32(44-5)29(20-26)30-22(2)9-7-10-23(30)3/h7-12,19-21,43H,6,13-18H2,1-5H3,(H,39,42)/p+1. The summed E-state index contributed by atoms with van der Waals surface area (Å²) in [4.78, 5) is 19.0. The van der Waals surface area contributed by atoms with Gasteiger partial charge in [-0.15, -0.1) is 0 Å². The Morgan fingerprint density at radius 1 is 1.09 bits per heavy atom. The number of nitrogens with zero attached hydrogens (tertiary/aromatic N) is 2. The van der Waals surface area contributed by atoms with Crippen LogP contribution >= 0.6 is 0 Å². The second-order valence-electron chi connectivity index (χ2n) is 11.5. The fourth-order valence-corrected chi connectivity index (χ4v) is 6.02. The summed E-state index contributed by atoms with van der Waals surface area (Å²) in [6, 6.07) is 15.7. The maximum absolute atomic E-state index is 14.3. The minimum absolute atomic E-state index is 0.0306. The molecule has 0 saturated carbocycles. The molecule has 1 aliphatic heterocycles. The minimum Gasteiger partial charge on any atom is -0.496 e. The first-order valence-corrected chi connectivity index (χ1v) is 15.3. The fourth-order valence-electron chi connectivity index (χ4n) is 6.02. The number of amides is 1. The van der Waals surface area contributed by atoms with E-state index < -0.39 is 11.8 Å². The quantitative estimate of drug-likeness (QED) is 0.141. The van der Waals surface area contributed by atoms with E-state index in [1.807, 2.05) is 18.2 Å². The largest absolute Gasteiger partial charge is 0.496 e. The number of benzene rings is 3. The summed E-state index contributed by atoms with van der Waals surface area (Å²) in [5.74, 6) is -2.58. The third-order valence-corrected chi connectivity index (χ3v) is 8.48. The molecule has 0 unspecified atom stereocenters. The zero-order valence-electron chi connectivity index (χ0n) is 26.5. The Bertz CT molecular complexity index is 1680. The maximum atomic E-state index is 14.3. The third kappa shape index (κ3) is 6.72. The molecule has 0 atom stereocenters. The lowest BCUT2D eigenvalue weighted by Crippen LogP contribution is -2.39. The number of rotatable bonds is 10. The van der Waals surface area contributed by atoms with Gasteiger partial charge in [0, 0.05) is 49.8 Å². The van der Waals surface area contributed by atoms with Crippen molar-refractivity contribution in [1.82, 2.24) is 9.88 Å². The van der Waals surface area contributed by atoms with E-state index in [4.69, 9.17) is 9.47 Å². The average Bonchev–Trinajstić information content (AvgIpc) is 3.33. The van der Waals surface area contributed by atoms with Crippen LogP contribution in [0.5, 0.6) is 5.75 Å². The van der Waals surface area contributed by atoms with Crippen LogP contribution in [0, 0.1) is 20.8 Å². The molecule has 1 aliphatic rings. The molecule has 0 bridgehead atoms. The predicted molar refractivity (Wildman–Crippen MR) is 169 cm³/mol. The molecule has 4 aromatic rings. The molecular formula is C35H41F2N4O4+. The van der Waals surface area contributed by atoms with Crippen molar-refractivity contribution in [1.29, 1.82) is 0 Å². The zero-order chi connectivity index (χ0) is 32.3. The smallest absolute Gasteiger partial charge is 0.327 e. The Balaban J connectivity index is 1.56. The highest BCUT2D eigenvalue weighted by Gasteiger charge is 2.32. The van der Waals surface area contributed by atoms with Gasteiger partial charge in [-0.3, -0.25) is 9.69 Å². The highest BCUT2D eigenvalue weighted by molar-refractivity contribution is 6.02. The summed E-state index contributed by atoms with van der Waals surface area (Å²) in [6.45, 7) is 11.1. The van der Waals surface area contributed by atoms with Gasteiger partial charge in [-0.1, -0.05) is 37.3 Å². The summed E-state index contributed by atoms with van der Waals surface area (Å²) in [5.41, 5.74) is 6.13. The number of aromatic amines is 1. The lowest BCUT2D eigenvalue weighted by atomic mass is 9.91. The molecule has 0 radical (unpaired) electrons. The molecule has 10 heteroatoms. The number of alkyl halides is 2. The first kappa shape index (κ1) is 32.1. The van der Waals surface area contributed by atoms with Gasteiger partial charge in [0.2, 0.25) is 0 Å². The van der Waals surface area contributed by atoms with E-state index >= 15 is 0 Å². The molecule has 0 aliphatic carbocycles. The van der Waals surface area contributed by atoms with Crippen LogP contribution in [0.15, 0.2) is 54.6 Å². The van der Waals surface area contributed by atoms with E-state index in [1.165, 1.54) is 25.1 Å². The number of nitrogens with one attached hydrogen (secondary N) is 2. The molecule has 1 saturated heterocycles. The number of methoxy groups -OCH3 is 1. The van der Waals surface area contributed by atoms with Gasteiger partial charge in [-0.05, 0) is 71.5 Å². The van der Waals surface area contributed by atoms with Crippen LogP contribution in [-0.4, -0.2) is 61.0 Å². The van der Waals surface area contributed by atoms with Gasteiger partial charge in [0.1, 0.15) is 5.75 Å². The van der Waals surface area contributed by atoms with Crippen molar-refractivity contribution in [3.05, 3.63) is 88.2 Å². The number of hydrogen-bond acceptors (Lipinski definition) is 5. The second kappa shape index (κ2) is 13.4. The number of H-pyrrole nitrogens is 1. The number of imidazole rings is 1. The average molecular weight is 620 g/mol. The normalized spacial score (nSPS) is 14.0. The minimum atomic E-state index is -3.02. The summed E-state index contributed by atoms with van der Waals surface area (Å²) < 4.78 is 41.0. The van der Waals surface area contributed by atoms with Crippen molar-refractivity contribution in [2.75, 3.05) is 45.3 Å². The number of morpholine rings is 1. The van der Waals surface area contributed by atoms with Crippen LogP contribution < -0.4 is 14.8 Å². The molecule has 3 aromatic carbocycles. The van der Waals surface area contributed by atoms with Crippen molar-refractivity contribution in [2.24, 2.45) is 0 Å². The molecule has 5 rings (SSSR count). The zero-order valence-corrected chi connectivity index (χ0v) is 26.5. The van der Waals surface area contributed by atoms with Gasteiger partial charge in [0.05, 0.1) is 25.9 Å². The van der Waals surface area contributed by atoms with E-state index in [-0.39, 0.29) is 23.4 Å². The van der Waals surface area contributed by atoms with Crippen molar-refractivity contribution < 1.29 is 33.0 Å². The predicted octanol–water partition coefficient (Wildman–Crippen LogP) is 6.44. The van der Waals surface area contributed by atoms with Crippen molar-refractivity contribution in [3.8, 4) is 28.3 Å². The monoisotopic (exact) mass is 619 g/mol. The first-order valence-electron chi connectivity index (χ1n) is 15.3. The Labute approximate surface area is 262 Å². The van der Waals surface area contributed by atoms with E-state index in [9.17, 15) is 18.8 Å². The van der Waals surface area contributed by atoms with Gasteiger partial charge < -0.3 is 20.0 Å². The Hall–Kier alpha value is -4.28. The van der Waals surface area contributed by atoms with E-state index in [1.54, 1.807) is 20.1 Å². The Kier molecular flexibility index (Phi) is 9.55. The third-order valence-electron chi connectivity index (χ3n) is 8.48. The highest BCUT2D eigenvalue weighted by Crippen LogP contribution is 2.40. The number of hydrogen-bond donors (Lipinski definition) is 3. The number of aromatic nitrogens is 2. The van der Waals surface area contributed by atoms with E-state index in [0.29, 0.717) is 36.7 Å².